The molecule has 7 nitrogen and oxygen atoms in total. The Morgan fingerprint density at radius 2 is 1.83 bits per heavy atom. The van der Waals surface area contributed by atoms with E-state index in [0.29, 0.717) is 22.4 Å². The Hall–Kier alpha value is -3.20. The van der Waals surface area contributed by atoms with E-state index in [0.717, 1.165) is 0 Å². The molecule has 1 saturated heterocycles. The van der Waals surface area contributed by atoms with Crippen LogP contribution in [0.3, 0.4) is 0 Å². The number of likely N-dealkylation sites (N-methyl/N-ethyl adjacent to an activating group) is 1. The fraction of sp³-hybridized carbons (Fsp3) is 0.240. The second kappa shape index (κ2) is 8.78. The third-order valence-electron chi connectivity index (χ3n) is 6.82. The van der Waals surface area contributed by atoms with Gasteiger partial charge in [0.05, 0.1) is 16.0 Å². The number of halogens is 3. The number of fused-ring (bicyclic) bond motifs is 2. The number of anilines is 1. The van der Waals surface area contributed by atoms with Crippen molar-refractivity contribution in [3.8, 4) is 5.75 Å². The van der Waals surface area contributed by atoms with Crippen molar-refractivity contribution in [1.29, 1.82) is 0 Å². The van der Waals surface area contributed by atoms with Gasteiger partial charge < -0.3 is 10.1 Å². The highest BCUT2D eigenvalue weighted by Crippen LogP contribution is 2.52. The van der Waals surface area contributed by atoms with Crippen LogP contribution in [0.5, 0.6) is 5.75 Å². The standard InChI is InChI=1S/C25H20Cl2FN3O4/c1-30-12-16(23(31(33)34)25(30)17-7-3-5-9-21(17)29-24(25)32)15-10-18(26)22(19(27)11-15)35-13-14-6-2-4-8-20(14)28/h2-11,16,23H,12-13H2,1H3,(H,29,32)/t16-,23-,25+/m1/s1. The predicted octanol–water partition coefficient (Wildman–Crippen LogP) is 5.23. The first-order valence-electron chi connectivity index (χ1n) is 10.9. The molecule has 1 N–H and O–H groups in total. The molecule has 0 aliphatic carbocycles. The average molecular weight is 516 g/mol. The summed E-state index contributed by atoms with van der Waals surface area (Å²) in [5.74, 6) is -1.38. The highest BCUT2D eigenvalue weighted by Gasteiger charge is 2.68. The molecule has 0 saturated carbocycles. The van der Waals surface area contributed by atoms with E-state index >= 15 is 0 Å². The highest BCUT2D eigenvalue weighted by molar-refractivity contribution is 6.37. The van der Waals surface area contributed by atoms with Crippen LogP contribution in [0.1, 0.15) is 22.6 Å². The number of amides is 1. The Balaban J connectivity index is 1.51. The van der Waals surface area contributed by atoms with Gasteiger partial charge in [0.25, 0.3) is 11.9 Å². The Kier molecular flexibility index (Phi) is 5.91. The molecular weight excluding hydrogens is 496 g/mol. The number of hydrogen-bond donors (Lipinski definition) is 1. The van der Waals surface area contributed by atoms with Gasteiger partial charge >= 0.3 is 0 Å². The zero-order valence-corrected chi connectivity index (χ0v) is 20.0. The second-order valence-corrected chi connectivity index (χ2v) is 9.49. The van der Waals surface area contributed by atoms with Crippen LogP contribution in [0.4, 0.5) is 10.1 Å². The van der Waals surface area contributed by atoms with Crippen molar-refractivity contribution in [2.75, 3.05) is 18.9 Å². The number of para-hydroxylation sites is 1. The van der Waals surface area contributed by atoms with Crippen LogP contribution in [0, 0.1) is 15.9 Å². The lowest BCUT2D eigenvalue weighted by atomic mass is 9.79. The zero-order valence-electron chi connectivity index (χ0n) is 18.5. The van der Waals surface area contributed by atoms with Gasteiger partial charge in [0.1, 0.15) is 12.4 Å². The first-order chi connectivity index (χ1) is 16.7. The Morgan fingerprint density at radius 1 is 1.17 bits per heavy atom. The number of likely N-dealkylation sites (tertiary alicyclic amines) is 1. The molecule has 1 fully saturated rings. The first kappa shape index (κ1) is 23.5. The maximum Gasteiger partial charge on any atom is 0.256 e. The lowest BCUT2D eigenvalue weighted by Crippen LogP contribution is -2.54. The van der Waals surface area contributed by atoms with E-state index in [2.05, 4.69) is 5.32 Å². The summed E-state index contributed by atoms with van der Waals surface area (Å²) in [6.45, 7) is 0.144. The number of benzene rings is 3. The van der Waals surface area contributed by atoms with Gasteiger partial charge in [-0.15, -0.1) is 0 Å². The zero-order chi connectivity index (χ0) is 24.9. The molecule has 2 aliphatic heterocycles. The van der Waals surface area contributed by atoms with E-state index in [9.17, 15) is 19.3 Å². The number of rotatable bonds is 5. The van der Waals surface area contributed by atoms with Crippen LogP contribution in [-0.4, -0.2) is 35.4 Å². The molecule has 10 heteroatoms. The van der Waals surface area contributed by atoms with E-state index in [1.807, 2.05) is 0 Å². The third-order valence-corrected chi connectivity index (χ3v) is 7.38. The van der Waals surface area contributed by atoms with Gasteiger partial charge in [-0.2, -0.15) is 0 Å². The third kappa shape index (κ3) is 3.64. The lowest BCUT2D eigenvalue weighted by molar-refractivity contribution is -0.534. The summed E-state index contributed by atoms with van der Waals surface area (Å²) >= 11 is 13.0. The van der Waals surface area contributed by atoms with Crippen LogP contribution in [0.25, 0.3) is 0 Å². The number of carbonyl (C=O) groups excluding carboxylic acids is 1. The molecule has 0 radical (unpaired) electrons. The molecule has 2 aliphatic rings. The van der Waals surface area contributed by atoms with Crippen LogP contribution in [-0.2, 0) is 16.9 Å². The normalized spacial score (nSPS) is 23.4. The molecular formula is C25H20Cl2FN3O4. The van der Waals surface area contributed by atoms with Gasteiger partial charge in [0.15, 0.2) is 11.3 Å². The summed E-state index contributed by atoms with van der Waals surface area (Å²) in [5.41, 5.74) is 0.510. The van der Waals surface area contributed by atoms with Gasteiger partial charge in [-0.3, -0.25) is 19.8 Å². The molecule has 3 aromatic rings. The van der Waals surface area contributed by atoms with Crippen molar-refractivity contribution in [3.63, 3.8) is 0 Å². The maximum atomic E-state index is 14.0. The molecule has 3 atom stereocenters. The van der Waals surface area contributed by atoms with Gasteiger partial charge in [-0.25, -0.2) is 4.39 Å². The largest absolute Gasteiger partial charge is 0.486 e. The number of hydrogen-bond acceptors (Lipinski definition) is 5. The van der Waals surface area contributed by atoms with Crippen molar-refractivity contribution >= 4 is 34.8 Å². The number of ether oxygens (including phenoxy) is 1. The minimum atomic E-state index is -1.47. The molecule has 0 aromatic heterocycles. The smallest absolute Gasteiger partial charge is 0.256 e. The molecule has 2 heterocycles. The summed E-state index contributed by atoms with van der Waals surface area (Å²) in [6, 6.07) is 15.0. The fourth-order valence-electron chi connectivity index (χ4n) is 5.28. The summed E-state index contributed by atoms with van der Waals surface area (Å²) in [4.78, 5) is 27.0. The van der Waals surface area contributed by atoms with Crippen molar-refractivity contribution in [2.45, 2.75) is 24.1 Å². The number of carbonyl (C=O) groups is 1. The molecule has 1 spiro atoms. The van der Waals surface area contributed by atoms with Crippen LogP contribution < -0.4 is 10.1 Å². The predicted molar refractivity (Wildman–Crippen MR) is 130 cm³/mol. The van der Waals surface area contributed by atoms with Gasteiger partial charge in [-0.05, 0) is 36.9 Å². The molecule has 1 amide bonds. The summed E-state index contributed by atoms with van der Waals surface area (Å²) in [5, 5.41) is 15.5. The van der Waals surface area contributed by atoms with Gasteiger partial charge in [0, 0.05) is 28.3 Å². The summed E-state index contributed by atoms with van der Waals surface area (Å²) in [6.07, 6.45) is 0. The molecule has 180 valence electrons. The van der Waals surface area contributed by atoms with E-state index in [-0.39, 0.29) is 28.9 Å². The summed E-state index contributed by atoms with van der Waals surface area (Å²) < 4.78 is 19.6. The minimum absolute atomic E-state index is 0.0881. The average Bonchev–Trinajstić information content (AvgIpc) is 3.29. The molecule has 0 unspecified atom stereocenters. The van der Waals surface area contributed by atoms with Gasteiger partial charge in [-0.1, -0.05) is 59.6 Å². The minimum Gasteiger partial charge on any atom is -0.486 e. The van der Waals surface area contributed by atoms with E-state index in [4.69, 9.17) is 27.9 Å². The second-order valence-electron chi connectivity index (χ2n) is 8.68. The maximum absolute atomic E-state index is 14.0. The van der Waals surface area contributed by atoms with Crippen molar-refractivity contribution in [3.05, 3.63) is 103 Å². The Labute approximate surface area is 210 Å². The fourth-order valence-corrected chi connectivity index (χ4v) is 5.89. The number of nitrogens with zero attached hydrogens (tertiary/aromatic N) is 2. The molecule has 35 heavy (non-hydrogen) atoms. The summed E-state index contributed by atoms with van der Waals surface area (Å²) in [7, 11) is 1.70. The van der Waals surface area contributed by atoms with E-state index < -0.39 is 34.1 Å². The van der Waals surface area contributed by atoms with Crippen molar-refractivity contribution in [2.24, 2.45) is 0 Å². The number of nitro groups is 1. The molecule has 0 bridgehead atoms. The monoisotopic (exact) mass is 515 g/mol. The number of nitrogens with one attached hydrogen (secondary N) is 1. The van der Waals surface area contributed by atoms with Crippen LogP contribution in [0.15, 0.2) is 60.7 Å². The topological polar surface area (TPSA) is 84.7 Å². The van der Waals surface area contributed by atoms with Crippen molar-refractivity contribution < 1.29 is 18.8 Å². The Bertz CT molecular complexity index is 1330. The quantitative estimate of drug-likeness (QED) is 0.371. The first-order valence-corrected chi connectivity index (χ1v) is 11.6. The molecule has 3 aromatic carbocycles. The Morgan fingerprint density at radius 3 is 2.51 bits per heavy atom. The molecule has 5 rings (SSSR count). The lowest BCUT2D eigenvalue weighted by Gasteiger charge is -2.30. The highest BCUT2D eigenvalue weighted by atomic mass is 35.5. The van der Waals surface area contributed by atoms with Crippen molar-refractivity contribution in [1.82, 2.24) is 4.90 Å². The van der Waals surface area contributed by atoms with Crippen LogP contribution in [0.2, 0.25) is 10.0 Å². The van der Waals surface area contributed by atoms with E-state index in [1.54, 1.807) is 66.5 Å². The van der Waals surface area contributed by atoms with Crippen LogP contribution >= 0.6 is 23.2 Å². The SMILES string of the molecule is CN1C[C@H](c2cc(Cl)c(OCc3ccccc3F)c(Cl)c2)[C@@H]([N+](=O)[O-])[C@@]12C(=O)Nc1ccccc12. The van der Waals surface area contributed by atoms with Gasteiger partial charge in [0.2, 0.25) is 0 Å². The van der Waals surface area contributed by atoms with E-state index in [1.165, 1.54) is 6.07 Å².